The van der Waals surface area contributed by atoms with Crippen molar-refractivity contribution >= 4 is 46.1 Å². The van der Waals surface area contributed by atoms with Gasteiger partial charge in [-0.3, -0.25) is 0 Å². The van der Waals surface area contributed by atoms with Gasteiger partial charge in [-0.25, -0.2) is 9.59 Å². The monoisotopic (exact) mass is 906 g/mol. The summed E-state index contributed by atoms with van der Waals surface area (Å²) in [5.41, 5.74) is 18.1. The third kappa shape index (κ3) is 10.5. The topological polar surface area (TPSA) is 59.1 Å². The molecule has 0 bridgehead atoms. The van der Waals surface area contributed by atoms with E-state index in [9.17, 15) is 9.59 Å². The van der Waals surface area contributed by atoms with E-state index in [1.807, 2.05) is 48.5 Å². The van der Waals surface area contributed by atoms with E-state index in [1.54, 1.807) is 13.8 Å². The molecule has 0 heterocycles. The van der Waals surface area contributed by atoms with Crippen molar-refractivity contribution in [2.75, 3.05) is 9.80 Å². The number of carbonyl (C=O) groups excluding carboxylic acids is 2. The molecule has 0 saturated heterocycles. The Balaban J connectivity index is 1.10. The SMILES string of the molecule is C=C(C)C(=O)Oc1ccc(N(c2ccc(-c3ccc(C)cc3C)cc2)c2ccc(C(C)(C)c3ccc(N(c4ccc(OC(=O)C(=C)C)cc4)c4ccc(-c5ccc(C)cc5C)cc4)cc3)cc2)cc1. The Morgan fingerprint density at radius 1 is 0.406 bits per heavy atom. The highest BCUT2D eigenvalue weighted by atomic mass is 16.5. The number of aryl methyl sites for hydroxylation is 4. The molecule has 0 aliphatic heterocycles. The van der Waals surface area contributed by atoms with Gasteiger partial charge in [-0.15, -0.1) is 0 Å². The number of carbonyl (C=O) groups is 2. The number of esters is 2. The lowest BCUT2D eigenvalue weighted by Crippen LogP contribution is -2.19. The maximum Gasteiger partial charge on any atom is 0.338 e. The van der Waals surface area contributed by atoms with Gasteiger partial charge >= 0.3 is 11.9 Å². The molecule has 0 atom stereocenters. The molecule has 0 radical (unpaired) electrons. The van der Waals surface area contributed by atoms with Crippen molar-refractivity contribution in [2.24, 2.45) is 0 Å². The second-order valence-corrected chi connectivity index (χ2v) is 18.4. The van der Waals surface area contributed by atoms with Crippen molar-refractivity contribution in [3.8, 4) is 33.8 Å². The molecule has 0 N–H and O–H groups in total. The van der Waals surface area contributed by atoms with E-state index in [1.165, 1.54) is 33.4 Å². The summed E-state index contributed by atoms with van der Waals surface area (Å²) in [6, 6.07) is 63.0. The molecular formula is C63H58N2O4. The highest BCUT2D eigenvalue weighted by molar-refractivity contribution is 5.90. The van der Waals surface area contributed by atoms with Crippen LogP contribution in [0, 0.1) is 27.7 Å². The molecule has 0 amide bonds. The number of nitrogens with zero attached hydrogens (tertiary/aromatic N) is 2. The first-order valence-corrected chi connectivity index (χ1v) is 23.2. The fraction of sp³-hybridized carbons (Fsp3) is 0.143. The van der Waals surface area contributed by atoms with Crippen molar-refractivity contribution in [3.05, 3.63) is 240 Å². The van der Waals surface area contributed by atoms with Gasteiger partial charge in [0.1, 0.15) is 11.5 Å². The number of rotatable bonds is 14. The molecule has 8 rings (SSSR count). The summed E-state index contributed by atoms with van der Waals surface area (Å²) in [7, 11) is 0. The minimum Gasteiger partial charge on any atom is -0.423 e. The van der Waals surface area contributed by atoms with Gasteiger partial charge < -0.3 is 19.3 Å². The Kier molecular flexibility index (Phi) is 13.7. The van der Waals surface area contributed by atoms with Crippen LogP contribution in [0.2, 0.25) is 0 Å². The maximum absolute atomic E-state index is 12.3. The van der Waals surface area contributed by atoms with Gasteiger partial charge in [0.05, 0.1) is 0 Å². The number of ether oxygens (including phenoxy) is 2. The Morgan fingerprint density at radius 2 is 0.681 bits per heavy atom. The molecule has 0 aromatic heterocycles. The van der Waals surface area contributed by atoms with Crippen LogP contribution in [0.5, 0.6) is 11.5 Å². The molecule has 0 fully saturated rings. The van der Waals surface area contributed by atoms with Crippen LogP contribution in [0.4, 0.5) is 34.1 Å². The van der Waals surface area contributed by atoms with E-state index in [-0.39, 0.29) is 5.41 Å². The van der Waals surface area contributed by atoms with Gasteiger partial charge in [0.15, 0.2) is 0 Å². The minimum absolute atomic E-state index is 0.341. The highest BCUT2D eigenvalue weighted by Crippen LogP contribution is 2.42. The molecule has 0 aliphatic rings. The van der Waals surface area contributed by atoms with Crippen molar-refractivity contribution in [2.45, 2.75) is 60.8 Å². The zero-order chi connectivity index (χ0) is 49.0. The van der Waals surface area contributed by atoms with Crippen molar-refractivity contribution in [1.29, 1.82) is 0 Å². The van der Waals surface area contributed by atoms with Crippen LogP contribution in [0.1, 0.15) is 61.1 Å². The van der Waals surface area contributed by atoms with Gasteiger partial charge in [-0.1, -0.05) is 123 Å². The van der Waals surface area contributed by atoms with E-state index >= 15 is 0 Å². The highest BCUT2D eigenvalue weighted by Gasteiger charge is 2.25. The molecule has 0 spiro atoms. The molecule has 8 aromatic carbocycles. The van der Waals surface area contributed by atoms with Gasteiger partial charge in [0.25, 0.3) is 0 Å². The van der Waals surface area contributed by atoms with Crippen LogP contribution in [-0.4, -0.2) is 11.9 Å². The summed E-state index contributed by atoms with van der Waals surface area (Å²) < 4.78 is 11.1. The predicted octanol–water partition coefficient (Wildman–Crippen LogP) is 16.5. The number of hydrogen-bond donors (Lipinski definition) is 0. The predicted molar refractivity (Wildman–Crippen MR) is 285 cm³/mol. The summed E-state index contributed by atoms with van der Waals surface area (Å²) in [5.74, 6) is -0.0103. The zero-order valence-corrected chi connectivity index (χ0v) is 40.8. The van der Waals surface area contributed by atoms with Gasteiger partial charge in [-0.2, -0.15) is 0 Å². The molecule has 8 aromatic rings. The van der Waals surface area contributed by atoms with Crippen LogP contribution in [-0.2, 0) is 15.0 Å². The molecule has 69 heavy (non-hydrogen) atoms. The van der Waals surface area contributed by atoms with Crippen LogP contribution in [0.15, 0.2) is 206 Å². The lowest BCUT2D eigenvalue weighted by molar-refractivity contribution is -0.130. The summed E-state index contributed by atoms with van der Waals surface area (Å²) in [4.78, 5) is 29.1. The number of hydrogen-bond acceptors (Lipinski definition) is 6. The second kappa shape index (κ2) is 19.9. The number of benzene rings is 8. The molecule has 6 nitrogen and oxygen atoms in total. The second-order valence-electron chi connectivity index (χ2n) is 18.4. The fourth-order valence-electron chi connectivity index (χ4n) is 8.69. The third-order valence-electron chi connectivity index (χ3n) is 12.6. The number of anilines is 6. The molecule has 344 valence electrons. The van der Waals surface area contributed by atoms with Crippen molar-refractivity contribution in [3.63, 3.8) is 0 Å². The normalized spacial score (nSPS) is 11.1. The Bertz CT molecular complexity index is 2950. The third-order valence-corrected chi connectivity index (χ3v) is 12.6. The first-order chi connectivity index (χ1) is 33.0. The van der Waals surface area contributed by atoms with Gasteiger partial charge in [-0.05, 0) is 183 Å². The quantitative estimate of drug-likeness (QED) is 0.0615. The van der Waals surface area contributed by atoms with Crippen LogP contribution in [0.3, 0.4) is 0 Å². The standard InChI is InChI=1S/C63H58N2O4/c1-41(2)61(66)68-57-33-29-55(30-34-57)64(51-21-13-47(14-22-51)59-37-11-43(5)39-45(59)7)53-25-17-49(18-26-53)63(9,10)50-19-27-54(28-20-50)65(56-31-35-58(36-32-56)69-62(67)42(3)4)52-23-15-48(16-24-52)60-38-12-44(6)40-46(60)8/h11-40H,1,3H2,2,4-10H3. The molecule has 0 unspecified atom stereocenters. The summed E-state index contributed by atoms with van der Waals surface area (Å²) in [6.07, 6.45) is 0. The molecular weight excluding hydrogens is 849 g/mol. The Hall–Kier alpha value is -8.22. The van der Waals surface area contributed by atoms with Crippen LogP contribution >= 0.6 is 0 Å². The van der Waals surface area contributed by atoms with Crippen molar-refractivity contribution in [1.82, 2.24) is 0 Å². The van der Waals surface area contributed by atoms with Gasteiger partial charge in [0, 0.05) is 50.7 Å². The Labute approximate surface area is 407 Å². The molecule has 0 aliphatic carbocycles. The van der Waals surface area contributed by atoms with Crippen LogP contribution < -0.4 is 19.3 Å². The lowest BCUT2D eigenvalue weighted by Gasteiger charge is -2.30. The average molecular weight is 907 g/mol. The van der Waals surface area contributed by atoms with Crippen LogP contribution in [0.25, 0.3) is 22.3 Å². The molecule has 6 heteroatoms. The smallest absolute Gasteiger partial charge is 0.338 e. The van der Waals surface area contributed by atoms with E-state index in [2.05, 4.69) is 198 Å². The van der Waals surface area contributed by atoms with Gasteiger partial charge in [0.2, 0.25) is 0 Å². The van der Waals surface area contributed by atoms with Crippen molar-refractivity contribution < 1.29 is 19.1 Å². The zero-order valence-electron chi connectivity index (χ0n) is 40.8. The molecule has 0 saturated carbocycles. The first kappa shape index (κ1) is 47.3. The average Bonchev–Trinajstić information content (AvgIpc) is 3.34. The largest absolute Gasteiger partial charge is 0.423 e. The summed E-state index contributed by atoms with van der Waals surface area (Å²) in [6.45, 7) is 23.7. The lowest BCUT2D eigenvalue weighted by atomic mass is 9.78. The summed E-state index contributed by atoms with van der Waals surface area (Å²) in [5, 5.41) is 0. The minimum atomic E-state index is -0.458. The van der Waals surface area contributed by atoms with E-state index in [0.717, 1.165) is 56.4 Å². The summed E-state index contributed by atoms with van der Waals surface area (Å²) >= 11 is 0. The van der Waals surface area contributed by atoms with E-state index < -0.39 is 11.9 Å². The van der Waals surface area contributed by atoms with E-state index in [4.69, 9.17) is 9.47 Å². The maximum atomic E-state index is 12.3. The fourth-order valence-corrected chi connectivity index (χ4v) is 8.69. The van der Waals surface area contributed by atoms with E-state index in [0.29, 0.717) is 22.6 Å². The first-order valence-electron chi connectivity index (χ1n) is 23.2. The Morgan fingerprint density at radius 3 is 0.957 bits per heavy atom.